The Kier molecular flexibility index (Phi) is 6.81. The number of esters is 1. The minimum atomic E-state index is -0.464. The number of ether oxygens (including phenoxy) is 3. The second kappa shape index (κ2) is 9.28. The van der Waals surface area contributed by atoms with Crippen LogP contribution in [0.2, 0.25) is 0 Å². The standard InChI is InChI=1S/C21H21NO4/c1-15(2)26-19-9-7-16(12-20(19)24-3)8-10-21(23)25-14-18-6-4-5-17(11-18)13-22/h4-12,15H,14H2,1-3H3/b10-8+. The molecule has 2 aromatic carbocycles. The van der Waals surface area contributed by atoms with Gasteiger partial charge in [0.25, 0.3) is 0 Å². The number of carbonyl (C=O) groups excluding carboxylic acids is 1. The predicted molar refractivity (Wildman–Crippen MR) is 98.7 cm³/mol. The lowest BCUT2D eigenvalue weighted by Crippen LogP contribution is -2.06. The Balaban J connectivity index is 1.97. The first-order chi connectivity index (χ1) is 12.5. The van der Waals surface area contributed by atoms with E-state index in [4.69, 9.17) is 19.5 Å². The second-order valence-electron chi connectivity index (χ2n) is 5.83. The Morgan fingerprint density at radius 3 is 2.69 bits per heavy atom. The monoisotopic (exact) mass is 351 g/mol. The predicted octanol–water partition coefficient (Wildman–Crippen LogP) is 4.11. The molecular formula is C21H21NO4. The molecule has 0 spiro atoms. The quantitative estimate of drug-likeness (QED) is 0.555. The highest BCUT2D eigenvalue weighted by Gasteiger charge is 2.07. The van der Waals surface area contributed by atoms with Crippen molar-refractivity contribution < 1.29 is 19.0 Å². The van der Waals surface area contributed by atoms with E-state index >= 15 is 0 Å². The van der Waals surface area contributed by atoms with Crippen LogP contribution in [0.4, 0.5) is 0 Å². The first-order valence-corrected chi connectivity index (χ1v) is 8.20. The minimum absolute atomic E-state index is 0.0415. The van der Waals surface area contributed by atoms with Crippen molar-refractivity contribution in [1.29, 1.82) is 5.26 Å². The van der Waals surface area contributed by atoms with Gasteiger partial charge >= 0.3 is 5.97 Å². The van der Waals surface area contributed by atoms with Gasteiger partial charge in [0.1, 0.15) is 6.61 Å². The topological polar surface area (TPSA) is 68.5 Å². The van der Waals surface area contributed by atoms with Crippen molar-refractivity contribution in [3.8, 4) is 17.6 Å². The highest BCUT2D eigenvalue weighted by molar-refractivity contribution is 5.87. The molecule has 2 aromatic rings. The number of hydrogen-bond acceptors (Lipinski definition) is 5. The summed E-state index contributed by atoms with van der Waals surface area (Å²) < 4.78 is 16.2. The number of nitrogens with zero attached hydrogens (tertiary/aromatic N) is 1. The van der Waals surface area contributed by atoms with Crippen molar-refractivity contribution in [3.05, 3.63) is 65.2 Å². The first-order valence-electron chi connectivity index (χ1n) is 8.20. The van der Waals surface area contributed by atoms with Gasteiger partial charge in [0, 0.05) is 6.08 Å². The van der Waals surface area contributed by atoms with Crippen molar-refractivity contribution in [2.75, 3.05) is 7.11 Å². The Morgan fingerprint density at radius 1 is 1.19 bits per heavy atom. The van der Waals surface area contributed by atoms with Crippen LogP contribution in [-0.4, -0.2) is 19.2 Å². The second-order valence-corrected chi connectivity index (χ2v) is 5.83. The Hall–Kier alpha value is -3.26. The maximum atomic E-state index is 11.9. The molecule has 5 heteroatoms. The Bertz CT molecular complexity index is 834. The summed E-state index contributed by atoms with van der Waals surface area (Å²) in [6, 6.07) is 14.4. The Labute approximate surface area is 153 Å². The van der Waals surface area contributed by atoms with Gasteiger partial charge in [-0.25, -0.2) is 4.79 Å². The third-order valence-electron chi connectivity index (χ3n) is 3.40. The maximum Gasteiger partial charge on any atom is 0.331 e. The van der Waals surface area contributed by atoms with E-state index in [1.807, 2.05) is 19.9 Å². The SMILES string of the molecule is COc1cc(/C=C/C(=O)OCc2cccc(C#N)c2)ccc1OC(C)C. The van der Waals surface area contributed by atoms with Crippen LogP contribution in [0.25, 0.3) is 6.08 Å². The van der Waals surface area contributed by atoms with Crippen molar-refractivity contribution in [2.45, 2.75) is 26.6 Å². The van der Waals surface area contributed by atoms with Gasteiger partial charge in [-0.1, -0.05) is 18.2 Å². The summed E-state index contributed by atoms with van der Waals surface area (Å²) in [5, 5.41) is 8.87. The molecule has 0 unspecified atom stereocenters. The van der Waals surface area contributed by atoms with E-state index in [2.05, 4.69) is 6.07 Å². The van der Waals surface area contributed by atoms with Crippen molar-refractivity contribution in [3.63, 3.8) is 0 Å². The van der Waals surface area contributed by atoms with Gasteiger partial charge in [-0.15, -0.1) is 0 Å². The fourth-order valence-electron chi connectivity index (χ4n) is 2.24. The number of carbonyl (C=O) groups is 1. The minimum Gasteiger partial charge on any atom is -0.493 e. The highest BCUT2D eigenvalue weighted by Crippen LogP contribution is 2.29. The molecule has 0 aromatic heterocycles. The molecule has 0 amide bonds. The zero-order valence-corrected chi connectivity index (χ0v) is 15.1. The van der Waals surface area contributed by atoms with Gasteiger partial charge in [0.15, 0.2) is 11.5 Å². The summed E-state index contributed by atoms with van der Waals surface area (Å²) in [5.41, 5.74) is 2.09. The van der Waals surface area contributed by atoms with E-state index in [-0.39, 0.29) is 12.7 Å². The summed E-state index contributed by atoms with van der Waals surface area (Å²) in [6.45, 7) is 3.99. The van der Waals surface area contributed by atoms with Crippen LogP contribution >= 0.6 is 0 Å². The van der Waals surface area contributed by atoms with Gasteiger partial charge in [0.05, 0.1) is 24.8 Å². The van der Waals surface area contributed by atoms with Crippen LogP contribution in [0, 0.1) is 11.3 Å². The van der Waals surface area contributed by atoms with Crippen LogP contribution in [0.1, 0.15) is 30.5 Å². The van der Waals surface area contributed by atoms with E-state index in [0.29, 0.717) is 17.1 Å². The van der Waals surface area contributed by atoms with Crippen molar-refractivity contribution in [2.24, 2.45) is 0 Å². The highest BCUT2D eigenvalue weighted by atomic mass is 16.5. The smallest absolute Gasteiger partial charge is 0.331 e. The molecule has 0 saturated heterocycles. The molecule has 0 atom stereocenters. The third kappa shape index (κ3) is 5.67. The van der Waals surface area contributed by atoms with Crippen LogP contribution in [0.15, 0.2) is 48.5 Å². The molecule has 0 aliphatic carbocycles. The molecule has 26 heavy (non-hydrogen) atoms. The first kappa shape index (κ1) is 19.1. The fourth-order valence-corrected chi connectivity index (χ4v) is 2.24. The molecule has 0 bridgehead atoms. The molecule has 0 aliphatic rings. The number of nitriles is 1. The lowest BCUT2D eigenvalue weighted by molar-refractivity contribution is -0.138. The molecule has 0 heterocycles. The molecule has 2 rings (SSSR count). The van der Waals surface area contributed by atoms with Gasteiger partial charge < -0.3 is 14.2 Å². The summed E-state index contributed by atoms with van der Waals surface area (Å²) >= 11 is 0. The molecule has 0 N–H and O–H groups in total. The van der Waals surface area contributed by atoms with E-state index in [0.717, 1.165) is 11.1 Å². The third-order valence-corrected chi connectivity index (χ3v) is 3.40. The lowest BCUT2D eigenvalue weighted by atomic mass is 10.1. The van der Waals surface area contributed by atoms with Gasteiger partial charge in [-0.2, -0.15) is 5.26 Å². The van der Waals surface area contributed by atoms with Gasteiger partial charge in [-0.05, 0) is 55.3 Å². The number of hydrogen-bond donors (Lipinski definition) is 0. The van der Waals surface area contributed by atoms with Crippen molar-refractivity contribution in [1.82, 2.24) is 0 Å². The van der Waals surface area contributed by atoms with Crippen molar-refractivity contribution >= 4 is 12.0 Å². The molecule has 0 saturated carbocycles. The molecule has 0 radical (unpaired) electrons. The van der Waals surface area contributed by atoms with E-state index in [1.165, 1.54) is 6.08 Å². The number of methoxy groups -OCH3 is 1. The maximum absolute atomic E-state index is 11.9. The summed E-state index contributed by atoms with van der Waals surface area (Å²) in [5.74, 6) is 0.788. The summed E-state index contributed by atoms with van der Waals surface area (Å²) in [6.07, 6.45) is 3.04. The average molecular weight is 351 g/mol. The number of benzene rings is 2. The lowest BCUT2D eigenvalue weighted by Gasteiger charge is -2.13. The van der Waals surface area contributed by atoms with Crippen LogP contribution in [0.3, 0.4) is 0 Å². The zero-order valence-electron chi connectivity index (χ0n) is 15.1. The van der Waals surface area contributed by atoms with Gasteiger partial charge in [0.2, 0.25) is 0 Å². The van der Waals surface area contributed by atoms with E-state index in [9.17, 15) is 4.79 Å². The molecule has 134 valence electrons. The molecule has 0 aliphatic heterocycles. The van der Waals surface area contributed by atoms with Crippen LogP contribution in [-0.2, 0) is 16.1 Å². The Morgan fingerprint density at radius 2 is 2.00 bits per heavy atom. The summed E-state index contributed by atoms with van der Waals surface area (Å²) in [7, 11) is 1.57. The molecule has 0 fully saturated rings. The summed E-state index contributed by atoms with van der Waals surface area (Å²) in [4.78, 5) is 11.9. The fraction of sp³-hybridized carbons (Fsp3) is 0.238. The largest absolute Gasteiger partial charge is 0.493 e. The van der Waals surface area contributed by atoms with Gasteiger partial charge in [-0.3, -0.25) is 0 Å². The molecule has 5 nitrogen and oxygen atoms in total. The number of rotatable bonds is 7. The van der Waals surface area contributed by atoms with E-state index < -0.39 is 5.97 Å². The van der Waals surface area contributed by atoms with E-state index in [1.54, 1.807) is 49.6 Å². The zero-order chi connectivity index (χ0) is 18.9. The van der Waals surface area contributed by atoms with Crippen LogP contribution in [0.5, 0.6) is 11.5 Å². The normalized spacial score (nSPS) is 10.6. The van der Waals surface area contributed by atoms with Crippen LogP contribution < -0.4 is 9.47 Å². The molecular weight excluding hydrogens is 330 g/mol. The average Bonchev–Trinajstić information content (AvgIpc) is 2.65.